The molecule has 0 aromatic rings. The number of fused-ring (bicyclic) bond motifs is 3. The van der Waals surface area contributed by atoms with Crippen LogP contribution in [0.3, 0.4) is 0 Å². The standard InChI is InChI=1S/C20H30O5/c1-11-6-5-8-19(3)14(24-19)7-9-20(4)15(25-20)10-13-12(2)18(22)23-17(13)16(11)21/h11,13-17,21H,2,5-10H2,1,3-4H3/t11-,13+,14+,15-,16+,17-,19-,20-/m1/s1. The zero-order valence-corrected chi connectivity index (χ0v) is 15.5. The highest BCUT2D eigenvalue weighted by molar-refractivity contribution is 5.90. The Labute approximate surface area is 149 Å². The molecule has 0 spiro atoms. The van der Waals surface area contributed by atoms with E-state index in [0.717, 1.165) is 32.1 Å². The number of aliphatic hydroxyl groups is 1. The Morgan fingerprint density at radius 2 is 1.80 bits per heavy atom. The summed E-state index contributed by atoms with van der Waals surface area (Å²) >= 11 is 0. The van der Waals surface area contributed by atoms with E-state index in [0.29, 0.717) is 18.1 Å². The number of carbonyl (C=O) groups excluding carboxylic acids is 1. The molecule has 5 heteroatoms. The summed E-state index contributed by atoms with van der Waals surface area (Å²) in [7, 11) is 0. The fourth-order valence-electron chi connectivity index (χ4n) is 4.82. The van der Waals surface area contributed by atoms with E-state index < -0.39 is 12.2 Å². The van der Waals surface area contributed by atoms with Crippen molar-refractivity contribution in [2.45, 2.75) is 94.9 Å². The summed E-state index contributed by atoms with van der Waals surface area (Å²) in [6.45, 7) is 10.3. The lowest BCUT2D eigenvalue weighted by atomic mass is 9.81. The quantitative estimate of drug-likeness (QED) is 0.413. The van der Waals surface area contributed by atoms with Gasteiger partial charge >= 0.3 is 5.97 Å². The van der Waals surface area contributed by atoms with Crippen molar-refractivity contribution >= 4 is 5.97 Å². The van der Waals surface area contributed by atoms with Gasteiger partial charge in [-0.15, -0.1) is 0 Å². The van der Waals surface area contributed by atoms with Crippen molar-refractivity contribution in [2.75, 3.05) is 0 Å². The lowest BCUT2D eigenvalue weighted by Crippen LogP contribution is -2.37. The first kappa shape index (κ1) is 17.5. The molecular weight excluding hydrogens is 320 g/mol. The van der Waals surface area contributed by atoms with Gasteiger partial charge in [0.25, 0.3) is 0 Å². The molecule has 5 nitrogen and oxygen atoms in total. The normalized spacial score (nSPS) is 53.1. The van der Waals surface area contributed by atoms with Crippen LogP contribution in [0.25, 0.3) is 0 Å². The molecule has 140 valence electrons. The molecule has 0 amide bonds. The van der Waals surface area contributed by atoms with Crippen LogP contribution >= 0.6 is 0 Å². The Kier molecular flexibility index (Phi) is 4.06. The van der Waals surface area contributed by atoms with Gasteiger partial charge in [-0.25, -0.2) is 4.79 Å². The zero-order valence-electron chi connectivity index (χ0n) is 15.5. The number of aliphatic hydroxyl groups excluding tert-OH is 1. The molecule has 4 rings (SSSR count). The van der Waals surface area contributed by atoms with Crippen molar-refractivity contribution in [1.82, 2.24) is 0 Å². The third-order valence-electron chi connectivity index (χ3n) is 7.04. The van der Waals surface area contributed by atoms with Crippen molar-refractivity contribution in [2.24, 2.45) is 11.8 Å². The van der Waals surface area contributed by atoms with E-state index in [4.69, 9.17) is 14.2 Å². The van der Waals surface area contributed by atoms with Crippen LogP contribution in [0.4, 0.5) is 0 Å². The van der Waals surface area contributed by atoms with Gasteiger partial charge in [0.15, 0.2) is 0 Å². The second-order valence-electron chi connectivity index (χ2n) is 8.97. The topological polar surface area (TPSA) is 71.6 Å². The third kappa shape index (κ3) is 3.04. The van der Waals surface area contributed by atoms with Gasteiger partial charge in [-0.2, -0.15) is 0 Å². The van der Waals surface area contributed by atoms with Crippen LogP contribution in [0, 0.1) is 11.8 Å². The van der Waals surface area contributed by atoms with Crippen molar-refractivity contribution in [3.63, 3.8) is 0 Å². The zero-order chi connectivity index (χ0) is 18.0. The summed E-state index contributed by atoms with van der Waals surface area (Å²) < 4.78 is 17.4. The van der Waals surface area contributed by atoms with Crippen LogP contribution in [0.5, 0.6) is 0 Å². The summed E-state index contributed by atoms with van der Waals surface area (Å²) in [6.07, 6.45) is 4.87. The van der Waals surface area contributed by atoms with Gasteiger partial charge in [-0.3, -0.25) is 0 Å². The number of rotatable bonds is 0. The van der Waals surface area contributed by atoms with Crippen molar-refractivity contribution in [3.05, 3.63) is 12.2 Å². The van der Waals surface area contributed by atoms with Crippen LogP contribution in [-0.2, 0) is 19.0 Å². The maximum atomic E-state index is 12.0. The van der Waals surface area contributed by atoms with Gasteiger partial charge in [0, 0.05) is 11.5 Å². The van der Waals surface area contributed by atoms with Gasteiger partial charge in [0.2, 0.25) is 0 Å². The average molecular weight is 350 g/mol. The monoisotopic (exact) mass is 350 g/mol. The molecule has 4 aliphatic rings. The Hall–Kier alpha value is -0.910. The minimum Gasteiger partial charge on any atom is -0.456 e. The Morgan fingerprint density at radius 3 is 2.56 bits per heavy atom. The maximum absolute atomic E-state index is 12.0. The second-order valence-corrected chi connectivity index (χ2v) is 8.97. The number of carbonyl (C=O) groups is 1. The van der Waals surface area contributed by atoms with Gasteiger partial charge in [0.1, 0.15) is 6.10 Å². The summed E-state index contributed by atoms with van der Waals surface area (Å²) in [5.74, 6) is -0.446. The Morgan fingerprint density at radius 1 is 1.12 bits per heavy atom. The molecule has 1 saturated carbocycles. The first-order valence-corrected chi connectivity index (χ1v) is 9.67. The van der Waals surface area contributed by atoms with Crippen molar-refractivity contribution in [1.29, 1.82) is 0 Å². The number of esters is 1. The van der Waals surface area contributed by atoms with Crippen LogP contribution in [0.15, 0.2) is 12.2 Å². The van der Waals surface area contributed by atoms with E-state index in [1.54, 1.807) is 0 Å². The number of ether oxygens (including phenoxy) is 3. The first-order chi connectivity index (χ1) is 11.7. The summed E-state index contributed by atoms with van der Waals surface area (Å²) in [5, 5.41) is 10.8. The van der Waals surface area contributed by atoms with Crippen molar-refractivity contribution < 1.29 is 24.1 Å². The first-order valence-electron chi connectivity index (χ1n) is 9.67. The lowest BCUT2D eigenvalue weighted by Gasteiger charge is -2.28. The van der Waals surface area contributed by atoms with Crippen LogP contribution < -0.4 is 0 Å². The predicted molar refractivity (Wildman–Crippen MR) is 91.9 cm³/mol. The molecule has 0 radical (unpaired) electrons. The maximum Gasteiger partial charge on any atom is 0.334 e. The van der Waals surface area contributed by atoms with Crippen LogP contribution in [0.2, 0.25) is 0 Å². The van der Waals surface area contributed by atoms with Gasteiger partial charge < -0.3 is 19.3 Å². The molecule has 4 fully saturated rings. The van der Waals surface area contributed by atoms with Crippen LogP contribution in [0.1, 0.15) is 59.3 Å². The highest BCUT2D eigenvalue weighted by Gasteiger charge is 2.58. The molecule has 0 unspecified atom stereocenters. The molecule has 0 aromatic carbocycles. The second kappa shape index (κ2) is 5.80. The highest BCUT2D eigenvalue weighted by atomic mass is 16.6. The summed E-state index contributed by atoms with van der Waals surface area (Å²) in [4.78, 5) is 12.0. The molecule has 0 bridgehead atoms. The summed E-state index contributed by atoms with van der Waals surface area (Å²) in [6, 6.07) is 0. The molecule has 3 heterocycles. The average Bonchev–Trinajstić information content (AvgIpc) is 3.38. The SMILES string of the molecule is C=C1C(=O)O[C@H]2[C@@H](O)[C@H](C)CCC[C@@]3(C)O[C@H]3CC[C@@]3(C)O[C@@H]3C[C@@H]12. The fourth-order valence-corrected chi connectivity index (χ4v) is 4.82. The molecule has 1 N–H and O–H groups in total. The fraction of sp³-hybridized carbons (Fsp3) is 0.850. The predicted octanol–water partition coefficient (Wildman–Crippen LogP) is 2.75. The Balaban J connectivity index is 1.53. The van der Waals surface area contributed by atoms with Gasteiger partial charge in [0.05, 0.1) is 29.5 Å². The smallest absolute Gasteiger partial charge is 0.334 e. The summed E-state index contributed by atoms with van der Waals surface area (Å²) in [5.41, 5.74) is 0.329. The van der Waals surface area contributed by atoms with E-state index in [1.165, 1.54) is 0 Å². The van der Waals surface area contributed by atoms with E-state index >= 15 is 0 Å². The number of epoxide rings is 2. The van der Waals surface area contributed by atoms with Gasteiger partial charge in [-0.05, 0) is 51.9 Å². The van der Waals surface area contributed by atoms with Gasteiger partial charge in [-0.1, -0.05) is 19.9 Å². The van der Waals surface area contributed by atoms with E-state index in [2.05, 4.69) is 20.4 Å². The van der Waals surface area contributed by atoms with Crippen molar-refractivity contribution in [3.8, 4) is 0 Å². The Bertz CT molecular complexity index is 589. The molecular formula is C20H30O5. The third-order valence-corrected chi connectivity index (χ3v) is 7.04. The molecule has 8 atom stereocenters. The largest absolute Gasteiger partial charge is 0.456 e. The van der Waals surface area contributed by atoms with E-state index in [1.807, 2.05) is 6.92 Å². The highest BCUT2D eigenvalue weighted by Crippen LogP contribution is 2.51. The van der Waals surface area contributed by atoms with E-state index in [-0.39, 0.29) is 35.1 Å². The minimum absolute atomic E-state index is 0.00776. The van der Waals surface area contributed by atoms with E-state index in [9.17, 15) is 9.90 Å². The lowest BCUT2D eigenvalue weighted by molar-refractivity contribution is -0.146. The molecule has 25 heavy (non-hydrogen) atoms. The molecule has 0 aromatic heterocycles. The molecule has 3 aliphatic heterocycles. The molecule has 1 aliphatic carbocycles. The number of hydrogen-bond acceptors (Lipinski definition) is 5. The van der Waals surface area contributed by atoms with Crippen LogP contribution in [-0.4, -0.2) is 46.7 Å². The number of hydrogen-bond donors (Lipinski definition) is 1. The minimum atomic E-state index is -0.662. The molecule has 3 saturated heterocycles.